The van der Waals surface area contributed by atoms with Crippen LogP contribution in [0.2, 0.25) is 5.02 Å². The van der Waals surface area contributed by atoms with Crippen molar-refractivity contribution < 1.29 is 14.3 Å². The van der Waals surface area contributed by atoms with Gasteiger partial charge in [0.05, 0.1) is 19.3 Å². The predicted octanol–water partition coefficient (Wildman–Crippen LogP) is 2.80. The highest BCUT2D eigenvalue weighted by atomic mass is 35.5. The molecule has 1 saturated heterocycles. The zero-order chi connectivity index (χ0) is 17.1. The number of nitrogens with zero attached hydrogens (tertiary/aromatic N) is 2. The zero-order valence-corrected chi connectivity index (χ0v) is 15.2. The number of amides is 1. The van der Waals surface area contributed by atoms with E-state index in [1.54, 1.807) is 18.1 Å². The number of piperazine rings is 1. The Morgan fingerprint density at radius 1 is 1.35 bits per heavy atom. The highest BCUT2D eigenvalue weighted by molar-refractivity contribution is 6.30. The Bertz CT molecular complexity index is 577. The first kappa shape index (κ1) is 17.9. The van der Waals surface area contributed by atoms with E-state index < -0.39 is 0 Å². The molecule has 0 bridgehead atoms. The molecule has 0 spiro atoms. The van der Waals surface area contributed by atoms with Gasteiger partial charge >= 0.3 is 0 Å². The Morgan fingerprint density at radius 2 is 2.04 bits per heavy atom. The lowest BCUT2D eigenvalue weighted by molar-refractivity contribution is -0.139. The van der Waals surface area contributed by atoms with Gasteiger partial charge in [0.1, 0.15) is 0 Å². The van der Waals surface area contributed by atoms with Crippen LogP contribution in [0.5, 0.6) is 11.5 Å². The van der Waals surface area contributed by atoms with Crippen LogP contribution in [0.1, 0.15) is 26.3 Å². The van der Waals surface area contributed by atoms with Crippen molar-refractivity contribution >= 4 is 17.5 Å². The van der Waals surface area contributed by atoms with Gasteiger partial charge in [-0.2, -0.15) is 0 Å². The van der Waals surface area contributed by atoms with Crippen molar-refractivity contribution in [1.82, 2.24) is 9.80 Å². The summed E-state index contributed by atoms with van der Waals surface area (Å²) < 4.78 is 11.4. The molecule has 1 heterocycles. The van der Waals surface area contributed by atoms with Gasteiger partial charge in [-0.15, -0.1) is 0 Å². The number of hydrogen-bond donors (Lipinski definition) is 0. The summed E-state index contributed by atoms with van der Waals surface area (Å²) in [6, 6.07) is 3.48. The van der Waals surface area contributed by atoms with Gasteiger partial charge in [-0.3, -0.25) is 9.69 Å². The van der Waals surface area contributed by atoms with Crippen LogP contribution in [0.15, 0.2) is 12.1 Å². The average Bonchev–Trinajstić information content (AvgIpc) is 2.49. The molecule has 23 heavy (non-hydrogen) atoms. The fourth-order valence-corrected chi connectivity index (χ4v) is 2.98. The van der Waals surface area contributed by atoms with Crippen molar-refractivity contribution in [2.75, 3.05) is 27.2 Å². The summed E-state index contributed by atoms with van der Waals surface area (Å²) in [6.07, 6.45) is 0.0235. The summed E-state index contributed by atoms with van der Waals surface area (Å²) in [6.45, 7) is 8.02. The fourth-order valence-electron chi connectivity index (χ4n) is 2.75. The van der Waals surface area contributed by atoms with Crippen molar-refractivity contribution in [2.24, 2.45) is 0 Å². The van der Waals surface area contributed by atoms with Crippen molar-refractivity contribution in [2.45, 2.75) is 39.5 Å². The predicted molar refractivity (Wildman–Crippen MR) is 91.3 cm³/mol. The molecular formula is C17H25ClN2O3. The summed E-state index contributed by atoms with van der Waals surface area (Å²) in [5.74, 6) is 1.45. The molecule has 0 N–H and O–H groups in total. The van der Waals surface area contributed by atoms with Gasteiger partial charge in [-0.1, -0.05) is 11.6 Å². The quantitative estimate of drug-likeness (QED) is 0.826. The molecule has 128 valence electrons. The maximum atomic E-state index is 12.2. The Hall–Kier alpha value is -1.46. The Morgan fingerprint density at radius 3 is 2.65 bits per heavy atom. The minimum Gasteiger partial charge on any atom is -0.493 e. The van der Waals surface area contributed by atoms with Crippen LogP contribution >= 0.6 is 11.6 Å². The number of rotatable bonds is 5. The molecule has 2 rings (SSSR count). The van der Waals surface area contributed by atoms with E-state index in [1.807, 2.05) is 33.9 Å². The van der Waals surface area contributed by atoms with E-state index in [0.717, 1.165) is 18.7 Å². The maximum absolute atomic E-state index is 12.2. The van der Waals surface area contributed by atoms with Crippen LogP contribution < -0.4 is 9.47 Å². The molecule has 1 aromatic carbocycles. The van der Waals surface area contributed by atoms with E-state index in [9.17, 15) is 4.79 Å². The maximum Gasteiger partial charge on any atom is 0.239 e. The van der Waals surface area contributed by atoms with Crippen molar-refractivity contribution in [1.29, 1.82) is 0 Å². The molecule has 0 aromatic heterocycles. The molecule has 6 heteroatoms. The van der Waals surface area contributed by atoms with E-state index in [0.29, 0.717) is 23.1 Å². The first-order chi connectivity index (χ1) is 10.8. The SMILES string of the molecule is COc1cc(Cl)cc(CN2CCN(C)C(=O)[C@@H]2C)c1OC(C)C. The average molecular weight is 341 g/mol. The van der Waals surface area contributed by atoms with Crippen LogP contribution in [0.4, 0.5) is 0 Å². The Kier molecular flexibility index (Phi) is 5.76. The van der Waals surface area contributed by atoms with Gasteiger partial charge in [0, 0.05) is 43.3 Å². The van der Waals surface area contributed by atoms with Crippen LogP contribution in [0.25, 0.3) is 0 Å². The second-order valence-electron chi connectivity index (χ2n) is 6.17. The van der Waals surface area contributed by atoms with E-state index in [-0.39, 0.29) is 18.1 Å². The summed E-state index contributed by atoms with van der Waals surface area (Å²) >= 11 is 6.21. The van der Waals surface area contributed by atoms with E-state index >= 15 is 0 Å². The second kappa shape index (κ2) is 7.41. The standard InChI is InChI=1S/C17H25ClN2O3/c1-11(2)23-16-13(8-14(18)9-15(16)22-5)10-20-7-6-19(4)17(21)12(20)3/h8-9,11-12H,6-7,10H2,1-5H3/t12-/m0/s1. The van der Waals surface area contributed by atoms with Gasteiger partial charge in [0.15, 0.2) is 11.5 Å². The minimum absolute atomic E-state index is 0.0235. The number of ether oxygens (including phenoxy) is 2. The Balaban J connectivity index is 2.31. The molecule has 0 aliphatic carbocycles. The molecule has 0 radical (unpaired) electrons. The first-order valence-electron chi connectivity index (χ1n) is 7.85. The lowest BCUT2D eigenvalue weighted by Crippen LogP contribution is -2.53. The molecule has 1 fully saturated rings. The van der Waals surface area contributed by atoms with Crippen LogP contribution in [0, 0.1) is 0 Å². The summed E-state index contributed by atoms with van der Waals surface area (Å²) in [4.78, 5) is 16.1. The van der Waals surface area contributed by atoms with Gasteiger partial charge in [-0.25, -0.2) is 0 Å². The number of carbonyl (C=O) groups is 1. The van der Waals surface area contributed by atoms with E-state index in [1.165, 1.54) is 0 Å². The van der Waals surface area contributed by atoms with Gasteiger partial charge in [0.2, 0.25) is 5.91 Å². The molecular weight excluding hydrogens is 316 g/mol. The molecule has 1 aliphatic heterocycles. The van der Waals surface area contributed by atoms with Gasteiger partial charge < -0.3 is 14.4 Å². The van der Waals surface area contributed by atoms with Crippen LogP contribution in [0.3, 0.4) is 0 Å². The van der Waals surface area contributed by atoms with Crippen LogP contribution in [-0.2, 0) is 11.3 Å². The smallest absolute Gasteiger partial charge is 0.239 e. The van der Waals surface area contributed by atoms with Gasteiger partial charge in [0.25, 0.3) is 0 Å². The van der Waals surface area contributed by atoms with Gasteiger partial charge in [-0.05, 0) is 26.8 Å². The fraction of sp³-hybridized carbons (Fsp3) is 0.588. The lowest BCUT2D eigenvalue weighted by Gasteiger charge is -2.37. The molecule has 0 saturated carbocycles. The molecule has 1 aliphatic rings. The molecule has 0 unspecified atom stereocenters. The van der Waals surface area contributed by atoms with E-state index in [4.69, 9.17) is 21.1 Å². The van der Waals surface area contributed by atoms with Crippen molar-refractivity contribution in [3.63, 3.8) is 0 Å². The summed E-state index contributed by atoms with van der Waals surface area (Å²) in [7, 11) is 3.44. The number of hydrogen-bond acceptors (Lipinski definition) is 4. The summed E-state index contributed by atoms with van der Waals surface area (Å²) in [5, 5.41) is 0.598. The first-order valence-corrected chi connectivity index (χ1v) is 8.23. The van der Waals surface area contributed by atoms with Crippen LogP contribution in [-0.4, -0.2) is 55.1 Å². The zero-order valence-electron chi connectivity index (χ0n) is 14.4. The third kappa shape index (κ3) is 4.09. The van der Waals surface area contributed by atoms with E-state index in [2.05, 4.69) is 4.90 Å². The van der Waals surface area contributed by atoms with Crippen molar-refractivity contribution in [3.05, 3.63) is 22.7 Å². The number of methoxy groups -OCH3 is 1. The number of benzene rings is 1. The number of carbonyl (C=O) groups excluding carboxylic acids is 1. The third-order valence-corrected chi connectivity index (χ3v) is 4.27. The normalized spacial score (nSPS) is 19.3. The number of halogens is 1. The second-order valence-corrected chi connectivity index (χ2v) is 6.61. The molecule has 1 aromatic rings. The highest BCUT2D eigenvalue weighted by Crippen LogP contribution is 2.36. The van der Waals surface area contributed by atoms with Crippen molar-refractivity contribution in [3.8, 4) is 11.5 Å². The molecule has 1 atom stereocenters. The third-order valence-electron chi connectivity index (χ3n) is 4.05. The summed E-state index contributed by atoms with van der Waals surface area (Å²) in [5.41, 5.74) is 0.937. The molecule has 5 nitrogen and oxygen atoms in total. The minimum atomic E-state index is -0.161. The topological polar surface area (TPSA) is 42.0 Å². The molecule has 1 amide bonds. The number of likely N-dealkylation sites (N-methyl/N-ethyl adjacent to an activating group) is 1. The monoisotopic (exact) mass is 340 g/mol. The lowest BCUT2D eigenvalue weighted by atomic mass is 10.1. The largest absolute Gasteiger partial charge is 0.493 e. The highest BCUT2D eigenvalue weighted by Gasteiger charge is 2.30. The Labute approximate surface area is 143 Å².